The first-order valence-corrected chi connectivity index (χ1v) is 6.77. The van der Waals surface area contributed by atoms with Crippen LogP contribution in [0, 0.1) is 0 Å². The zero-order chi connectivity index (χ0) is 15.1. The van der Waals surface area contributed by atoms with Crippen LogP contribution in [-0.4, -0.2) is 18.3 Å². The molecule has 0 radical (unpaired) electrons. The highest BCUT2D eigenvalue weighted by Gasteiger charge is 2.19. The first-order chi connectivity index (χ1) is 10.2. The molecular formula is C17H18NO3+. The highest BCUT2D eigenvalue weighted by molar-refractivity contribution is 5.75. The molecule has 108 valence electrons. The lowest BCUT2D eigenvalue weighted by Gasteiger charge is -2.09. The van der Waals surface area contributed by atoms with Crippen molar-refractivity contribution in [1.82, 2.24) is 0 Å². The smallest absolute Gasteiger partial charge is 0.365 e. The molecule has 3 N–H and O–H groups in total. The third-order valence-corrected chi connectivity index (χ3v) is 3.16. The Morgan fingerprint density at radius 3 is 2.33 bits per heavy atom. The summed E-state index contributed by atoms with van der Waals surface area (Å²) in [6, 6.07) is 16.2. The molecular weight excluding hydrogens is 266 g/mol. The SMILES string of the molecule is [NH3+][C@@H](Cc1ccc(C=O)cc1)C(=O)OCc1ccccc1. The molecule has 0 aliphatic carbocycles. The third kappa shape index (κ3) is 4.54. The number of ether oxygens (including phenoxy) is 1. The van der Waals surface area contributed by atoms with Crippen molar-refractivity contribution >= 4 is 12.3 Å². The van der Waals surface area contributed by atoms with Crippen molar-refractivity contribution in [2.75, 3.05) is 0 Å². The summed E-state index contributed by atoms with van der Waals surface area (Å²) in [5, 5.41) is 0. The van der Waals surface area contributed by atoms with E-state index < -0.39 is 6.04 Å². The number of carbonyl (C=O) groups excluding carboxylic acids is 2. The first-order valence-electron chi connectivity index (χ1n) is 6.77. The predicted molar refractivity (Wildman–Crippen MR) is 78.4 cm³/mol. The maximum absolute atomic E-state index is 11.9. The van der Waals surface area contributed by atoms with Crippen LogP contribution in [0.4, 0.5) is 0 Å². The van der Waals surface area contributed by atoms with E-state index in [0.29, 0.717) is 12.0 Å². The molecule has 4 heteroatoms. The Morgan fingerprint density at radius 2 is 1.71 bits per heavy atom. The van der Waals surface area contributed by atoms with Crippen molar-refractivity contribution < 1.29 is 20.1 Å². The lowest BCUT2D eigenvalue weighted by atomic mass is 10.1. The van der Waals surface area contributed by atoms with Crippen LogP contribution >= 0.6 is 0 Å². The summed E-state index contributed by atoms with van der Waals surface area (Å²) in [6.07, 6.45) is 1.28. The van der Waals surface area contributed by atoms with Crippen LogP contribution in [0.25, 0.3) is 0 Å². The lowest BCUT2D eigenvalue weighted by molar-refractivity contribution is -0.408. The highest BCUT2D eigenvalue weighted by Crippen LogP contribution is 2.06. The van der Waals surface area contributed by atoms with Gasteiger partial charge in [0.05, 0.1) is 0 Å². The van der Waals surface area contributed by atoms with E-state index in [1.807, 2.05) is 42.5 Å². The van der Waals surface area contributed by atoms with Crippen LogP contribution < -0.4 is 5.73 Å². The molecule has 2 rings (SSSR count). The number of benzene rings is 2. The Morgan fingerprint density at radius 1 is 1.05 bits per heavy atom. The Bertz CT molecular complexity index is 593. The largest absolute Gasteiger partial charge is 0.456 e. The maximum atomic E-state index is 11.9. The van der Waals surface area contributed by atoms with E-state index in [0.717, 1.165) is 17.4 Å². The van der Waals surface area contributed by atoms with Gasteiger partial charge in [-0.15, -0.1) is 0 Å². The Hall–Kier alpha value is -2.46. The molecule has 2 aromatic carbocycles. The Labute approximate surface area is 123 Å². The number of hydrogen-bond donors (Lipinski definition) is 1. The fourth-order valence-electron chi connectivity index (χ4n) is 1.95. The quantitative estimate of drug-likeness (QED) is 0.644. The molecule has 0 amide bonds. The van der Waals surface area contributed by atoms with Gasteiger partial charge in [-0.2, -0.15) is 0 Å². The van der Waals surface area contributed by atoms with Crippen LogP contribution in [0.5, 0.6) is 0 Å². The summed E-state index contributed by atoms with van der Waals surface area (Å²) in [4.78, 5) is 22.5. The molecule has 2 aromatic rings. The molecule has 0 saturated heterocycles. The molecule has 21 heavy (non-hydrogen) atoms. The zero-order valence-corrected chi connectivity index (χ0v) is 11.7. The van der Waals surface area contributed by atoms with Gasteiger partial charge in [0.1, 0.15) is 12.9 Å². The minimum absolute atomic E-state index is 0.260. The number of aldehydes is 1. The van der Waals surface area contributed by atoms with Crippen LogP contribution in [0.2, 0.25) is 0 Å². The molecule has 0 heterocycles. The summed E-state index contributed by atoms with van der Waals surface area (Å²) < 4.78 is 5.25. The van der Waals surface area contributed by atoms with Crippen LogP contribution in [0.1, 0.15) is 21.5 Å². The second-order valence-electron chi connectivity index (χ2n) is 4.85. The summed E-state index contributed by atoms with van der Waals surface area (Å²) in [5.41, 5.74) is 6.37. The van der Waals surface area contributed by atoms with E-state index in [-0.39, 0.29) is 12.6 Å². The van der Waals surface area contributed by atoms with Crippen molar-refractivity contribution in [3.8, 4) is 0 Å². The molecule has 0 unspecified atom stereocenters. The molecule has 0 spiro atoms. The van der Waals surface area contributed by atoms with E-state index in [2.05, 4.69) is 5.73 Å². The van der Waals surface area contributed by atoms with Gasteiger partial charge in [-0.25, -0.2) is 4.79 Å². The van der Waals surface area contributed by atoms with Gasteiger partial charge in [0, 0.05) is 12.0 Å². The van der Waals surface area contributed by atoms with E-state index in [1.165, 1.54) is 0 Å². The monoisotopic (exact) mass is 284 g/mol. The van der Waals surface area contributed by atoms with Crippen molar-refractivity contribution in [2.45, 2.75) is 19.1 Å². The third-order valence-electron chi connectivity index (χ3n) is 3.16. The summed E-state index contributed by atoms with van der Waals surface area (Å²) in [7, 11) is 0. The average molecular weight is 284 g/mol. The van der Waals surface area contributed by atoms with Crippen molar-refractivity contribution in [2.24, 2.45) is 0 Å². The van der Waals surface area contributed by atoms with Gasteiger partial charge >= 0.3 is 5.97 Å². The fourth-order valence-corrected chi connectivity index (χ4v) is 1.95. The molecule has 0 aliphatic rings. The average Bonchev–Trinajstić information content (AvgIpc) is 2.54. The van der Waals surface area contributed by atoms with E-state index in [9.17, 15) is 9.59 Å². The van der Waals surface area contributed by atoms with Gasteiger partial charge in [0.2, 0.25) is 0 Å². The Kier molecular flexibility index (Phi) is 5.23. The minimum atomic E-state index is -0.462. The summed E-state index contributed by atoms with van der Waals surface area (Å²) in [6.45, 7) is 0.260. The number of carbonyl (C=O) groups is 2. The fraction of sp³-hybridized carbons (Fsp3) is 0.176. The lowest BCUT2D eigenvalue weighted by Crippen LogP contribution is -2.66. The molecule has 0 aromatic heterocycles. The van der Waals surface area contributed by atoms with Crippen molar-refractivity contribution in [1.29, 1.82) is 0 Å². The van der Waals surface area contributed by atoms with E-state index in [4.69, 9.17) is 4.74 Å². The highest BCUT2D eigenvalue weighted by atomic mass is 16.5. The molecule has 0 bridgehead atoms. The van der Waals surface area contributed by atoms with Gasteiger partial charge in [0.15, 0.2) is 6.04 Å². The normalized spacial score (nSPS) is 11.7. The molecule has 0 saturated carbocycles. The van der Waals surface area contributed by atoms with Crippen molar-refractivity contribution in [3.63, 3.8) is 0 Å². The summed E-state index contributed by atoms with van der Waals surface area (Å²) >= 11 is 0. The molecule has 4 nitrogen and oxygen atoms in total. The van der Waals surface area contributed by atoms with Crippen LogP contribution in [0.3, 0.4) is 0 Å². The Balaban J connectivity index is 1.85. The van der Waals surface area contributed by atoms with Gasteiger partial charge in [-0.05, 0) is 11.1 Å². The summed E-state index contributed by atoms with van der Waals surface area (Å²) in [5.74, 6) is -0.321. The van der Waals surface area contributed by atoms with Crippen LogP contribution in [-0.2, 0) is 22.6 Å². The first kappa shape index (κ1) is 14.9. The predicted octanol–water partition coefficient (Wildman–Crippen LogP) is 1.40. The van der Waals surface area contributed by atoms with Gasteiger partial charge in [0.25, 0.3) is 0 Å². The molecule has 0 fully saturated rings. The van der Waals surface area contributed by atoms with Crippen LogP contribution in [0.15, 0.2) is 54.6 Å². The second-order valence-corrected chi connectivity index (χ2v) is 4.85. The van der Waals surface area contributed by atoms with E-state index in [1.54, 1.807) is 12.1 Å². The van der Waals surface area contributed by atoms with Gasteiger partial charge < -0.3 is 10.5 Å². The van der Waals surface area contributed by atoms with Gasteiger partial charge in [-0.3, -0.25) is 4.79 Å². The van der Waals surface area contributed by atoms with Gasteiger partial charge in [-0.1, -0.05) is 54.6 Å². The maximum Gasteiger partial charge on any atom is 0.365 e. The van der Waals surface area contributed by atoms with Crippen molar-refractivity contribution in [3.05, 3.63) is 71.3 Å². The standard InChI is InChI=1S/C17H17NO3/c18-16(10-13-6-8-14(11-19)9-7-13)17(20)21-12-15-4-2-1-3-5-15/h1-9,11,16H,10,12,18H2/p+1/t16-/m0/s1. The zero-order valence-electron chi connectivity index (χ0n) is 11.7. The minimum Gasteiger partial charge on any atom is -0.456 e. The molecule has 1 atom stereocenters. The number of rotatable bonds is 6. The number of esters is 1. The topological polar surface area (TPSA) is 71.0 Å². The number of hydrogen-bond acceptors (Lipinski definition) is 3. The van der Waals surface area contributed by atoms with E-state index >= 15 is 0 Å². The number of quaternary nitrogens is 1. The second kappa shape index (κ2) is 7.36. The molecule has 0 aliphatic heterocycles.